The SMILES string of the molecule is [CH2-][n+]1c(-c2ccccc2)cccc1C(Nc1c(C)cccc1C(C)C)c1ccccc1C. The Bertz CT molecular complexity index is 1210. The van der Waals surface area contributed by atoms with Crippen molar-refractivity contribution in [3.8, 4) is 11.3 Å². The Morgan fingerprint density at radius 2 is 1.31 bits per heavy atom. The van der Waals surface area contributed by atoms with Crippen molar-refractivity contribution in [1.82, 2.24) is 0 Å². The van der Waals surface area contributed by atoms with Gasteiger partial charge < -0.3 is 9.88 Å². The molecule has 2 heteroatoms. The lowest BCUT2D eigenvalue weighted by atomic mass is 9.94. The fourth-order valence-electron chi connectivity index (χ4n) is 4.40. The molecule has 0 aliphatic rings. The number of hydrogen-bond acceptors (Lipinski definition) is 1. The number of aromatic nitrogens is 1. The molecule has 0 fully saturated rings. The Kier molecular flexibility index (Phi) is 6.32. The number of benzene rings is 3. The summed E-state index contributed by atoms with van der Waals surface area (Å²) in [5, 5.41) is 3.93. The van der Waals surface area contributed by atoms with Gasteiger partial charge in [0, 0.05) is 12.7 Å². The first kappa shape index (κ1) is 21.7. The number of rotatable bonds is 6. The monoisotopic (exact) mass is 420 g/mol. The van der Waals surface area contributed by atoms with Crippen molar-refractivity contribution in [3.05, 3.63) is 126 Å². The minimum absolute atomic E-state index is 0.0315. The van der Waals surface area contributed by atoms with Crippen LogP contribution in [0.3, 0.4) is 0 Å². The Morgan fingerprint density at radius 3 is 2.03 bits per heavy atom. The van der Waals surface area contributed by atoms with Gasteiger partial charge in [0.25, 0.3) is 0 Å². The Labute approximate surface area is 192 Å². The summed E-state index contributed by atoms with van der Waals surface area (Å²) in [5.74, 6) is 0.428. The first-order valence-electron chi connectivity index (χ1n) is 11.3. The molecule has 32 heavy (non-hydrogen) atoms. The number of aryl methyl sites for hydroxylation is 2. The third kappa shape index (κ3) is 4.27. The molecule has 1 atom stereocenters. The van der Waals surface area contributed by atoms with Gasteiger partial charge in [-0.25, -0.2) is 0 Å². The largest absolute Gasteiger partial charge is 0.379 e. The van der Waals surface area contributed by atoms with Gasteiger partial charge in [-0.1, -0.05) is 98.8 Å². The van der Waals surface area contributed by atoms with Gasteiger partial charge in [0.1, 0.15) is 11.4 Å². The highest BCUT2D eigenvalue weighted by molar-refractivity contribution is 5.61. The molecule has 0 amide bonds. The summed E-state index contributed by atoms with van der Waals surface area (Å²) >= 11 is 0. The fourth-order valence-corrected chi connectivity index (χ4v) is 4.40. The summed E-state index contributed by atoms with van der Waals surface area (Å²) in [6.45, 7) is 8.86. The highest BCUT2D eigenvalue weighted by atomic mass is 15.0. The van der Waals surface area contributed by atoms with E-state index >= 15 is 0 Å². The second-order valence-electron chi connectivity index (χ2n) is 8.76. The summed E-state index contributed by atoms with van der Waals surface area (Å²) in [4.78, 5) is 0. The van der Waals surface area contributed by atoms with Crippen molar-refractivity contribution in [2.75, 3.05) is 5.32 Å². The van der Waals surface area contributed by atoms with Gasteiger partial charge >= 0.3 is 0 Å². The van der Waals surface area contributed by atoms with E-state index in [0.29, 0.717) is 5.92 Å². The Balaban J connectivity index is 1.90. The molecule has 1 unspecified atom stereocenters. The van der Waals surface area contributed by atoms with E-state index in [1.165, 1.54) is 27.9 Å². The zero-order valence-electron chi connectivity index (χ0n) is 19.5. The Hall–Kier alpha value is -3.52. The van der Waals surface area contributed by atoms with Gasteiger partial charge in [-0.2, -0.15) is 0 Å². The van der Waals surface area contributed by atoms with E-state index in [0.717, 1.165) is 17.0 Å². The number of hydrogen-bond donors (Lipinski definition) is 1. The van der Waals surface area contributed by atoms with Gasteiger partial charge in [0.05, 0.1) is 6.04 Å². The third-order valence-electron chi connectivity index (χ3n) is 6.20. The molecular formula is C30H32N2. The normalized spacial score (nSPS) is 12.0. The lowest BCUT2D eigenvalue weighted by Crippen LogP contribution is -2.38. The molecule has 0 radical (unpaired) electrons. The van der Waals surface area contributed by atoms with Crippen LogP contribution in [0, 0.1) is 20.9 Å². The number of nitrogens with one attached hydrogen (secondary N) is 1. The minimum Gasteiger partial charge on any atom is -0.379 e. The van der Waals surface area contributed by atoms with Crippen LogP contribution < -0.4 is 9.88 Å². The van der Waals surface area contributed by atoms with Crippen molar-refractivity contribution >= 4 is 5.69 Å². The average Bonchev–Trinajstić information content (AvgIpc) is 2.80. The lowest BCUT2D eigenvalue weighted by molar-refractivity contribution is -0.610. The maximum absolute atomic E-state index is 4.47. The Morgan fingerprint density at radius 1 is 0.688 bits per heavy atom. The molecule has 162 valence electrons. The summed E-state index contributed by atoms with van der Waals surface area (Å²) < 4.78 is 2.08. The van der Waals surface area contributed by atoms with Crippen molar-refractivity contribution < 1.29 is 4.57 Å². The maximum Gasteiger partial charge on any atom is 0.112 e. The molecule has 0 aliphatic carbocycles. The summed E-state index contributed by atoms with van der Waals surface area (Å²) in [6, 6.07) is 32.0. The number of pyridine rings is 1. The molecule has 0 saturated carbocycles. The molecule has 0 aliphatic heterocycles. The van der Waals surface area contributed by atoms with Crippen LogP contribution in [0.2, 0.25) is 0 Å². The fraction of sp³-hybridized carbons (Fsp3) is 0.200. The highest BCUT2D eigenvalue weighted by Gasteiger charge is 2.22. The van der Waals surface area contributed by atoms with Gasteiger partial charge in [-0.15, -0.1) is 0 Å². The molecule has 1 heterocycles. The summed E-state index contributed by atoms with van der Waals surface area (Å²) in [6.07, 6.45) is 0. The minimum atomic E-state index is -0.0315. The van der Waals surface area contributed by atoms with E-state index in [1.807, 2.05) is 6.07 Å². The molecule has 0 saturated heterocycles. The molecule has 1 N–H and O–H groups in total. The first-order chi connectivity index (χ1) is 15.5. The average molecular weight is 421 g/mol. The predicted molar refractivity (Wildman–Crippen MR) is 135 cm³/mol. The van der Waals surface area contributed by atoms with E-state index in [2.05, 4.69) is 130 Å². The zero-order chi connectivity index (χ0) is 22.7. The van der Waals surface area contributed by atoms with Crippen LogP contribution in [0.25, 0.3) is 11.3 Å². The van der Waals surface area contributed by atoms with Crippen LogP contribution in [0.5, 0.6) is 0 Å². The van der Waals surface area contributed by atoms with Crippen LogP contribution >= 0.6 is 0 Å². The molecule has 0 bridgehead atoms. The number of nitrogens with zero attached hydrogens (tertiary/aromatic N) is 1. The van der Waals surface area contributed by atoms with E-state index in [-0.39, 0.29) is 6.04 Å². The molecule has 4 aromatic rings. The van der Waals surface area contributed by atoms with Gasteiger partial charge in [-0.05, 0) is 53.6 Å². The number of anilines is 1. The van der Waals surface area contributed by atoms with Crippen molar-refractivity contribution in [3.63, 3.8) is 0 Å². The van der Waals surface area contributed by atoms with Crippen molar-refractivity contribution in [2.24, 2.45) is 0 Å². The highest BCUT2D eigenvalue weighted by Crippen LogP contribution is 2.34. The number of para-hydroxylation sites is 1. The second kappa shape index (κ2) is 9.32. The van der Waals surface area contributed by atoms with Crippen LogP contribution in [0.15, 0.2) is 91.0 Å². The molecule has 4 rings (SSSR count). The molecular weight excluding hydrogens is 388 g/mol. The van der Waals surface area contributed by atoms with Crippen LogP contribution in [-0.2, 0) is 0 Å². The summed E-state index contributed by atoms with van der Waals surface area (Å²) in [5.41, 5.74) is 9.69. The van der Waals surface area contributed by atoms with Gasteiger partial charge in [-0.3, -0.25) is 0 Å². The van der Waals surface area contributed by atoms with Crippen LogP contribution in [0.1, 0.15) is 53.8 Å². The second-order valence-corrected chi connectivity index (χ2v) is 8.76. The van der Waals surface area contributed by atoms with Crippen molar-refractivity contribution in [2.45, 2.75) is 39.7 Å². The van der Waals surface area contributed by atoms with E-state index < -0.39 is 0 Å². The predicted octanol–water partition coefficient (Wildman–Crippen LogP) is 7.22. The third-order valence-corrected chi connectivity index (χ3v) is 6.20. The van der Waals surface area contributed by atoms with E-state index in [4.69, 9.17) is 0 Å². The lowest BCUT2D eigenvalue weighted by Gasteiger charge is -2.28. The first-order valence-corrected chi connectivity index (χ1v) is 11.3. The van der Waals surface area contributed by atoms with E-state index in [1.54, 1.807) is 0 Å². The quantitative estimate of drug-likeness (QED) is 0.257. The topological polar surface area (TPSA) is 15.9 Å². The molecule has 0 spiro atoms. The molecule has 3 aromatic carbocycles. The van der Waals surface area contributed by atoms with E-state index in [9.17, 15) is 0 Å². The smallest absolute Gasteiger partial charge is 0.112 e. The zero-order valence-corrected chi connectivity index (χ0v) is 19.5. The maximum atomic E-state index is 4.47. The summed E-state index contributed by atoms with van der Waals surface area (Å²) in [7, 11) is 4.47. The van der Waals surface area contributed by atoms with Crippen LogP contribution in [-0.4, -0.2) is 0 Å². The van der Waals surface area contributed by atoms with Crippen molar-refractivity contribution in [1.29, 1.82) is 0 Å². The van der Waals surface area contributed by atoms with Gasteiger partial charge in [0.15, 0.2) is 0 Å². The standard InChI is InChI=1S/C30H32N2/c1-21(2)25-18-11-14-23(4)29(25)31-30(26-17-10-9-13-22(26)3)28-20-12-19-27(32(28)5)24-15-7-6-8-16-24/h6-21,30-31H,5H2,1-4H3. The molecule has 2 nitrogen and oxygen atoms in total. The van der Waals surface area contributed by atoms with Gasteiger partial charge in [0.2, 0.25) is 0 Å². The molecule has 1 aromatic heterocycles. The van der Waals surface area contributed by atoms with Crippen LogP contribution in [0.4, 0.5) is 5.69 Å².